The first-order valence-corrected chi connectivity index (χ1v) is 7.48. The molecule has 1 aromatic heterocycles. The van der Waals surface area contributed by atoms with E-state index >= 15 is 0 Å². The average molecular weight is 279 g/mol. The standard InChI is InChI=1S/C15H29N5/c1-11(2)15-18-13(16)10-14(19-15)17-8-6-7-9-20(5)12(3)4/h10-12H,6-9H2,1-5H3,(H3,16,17,18,19). The van der Waals surface area contributed by atoms with Crippen LogP contribution in [0.5, 0.6) is 0 Å². The van der Waals surface area contributed by atoms with Gasteiger partial charge in [-0.2, -0.15) is 0 Å². The summed E-state index contributed by atoms with van der Waals surface area (Å²) < 4.78 is 0. The second-order valence-electron chi connectivity index (χ2n) is 5.90. The lowest BCUT2D eigenvalue weighted by atomic mass is 10.2. The summed E-state index contributed by atoms with van der Waals surface area (Å²) in [7, 11) is 2.16. The molecule has 0 saturated heterocycles. The van der Waals surface area contributed by atoms with E-state index < -0.39 is 0 Å². The Morgan fingerprint density at radius 3 is 2.50 bits per heavy atom. The van der Waals surface area contributed by atoms with E-state index in [0.717, 1.165) is 31.2 Å². The van der Waals surface area contributed by atoms with Crippen LogP contribution in [0.4, 0.5) is 11.6 Å². The summed E-state index contributed by atoms with van der Waals surface area (Å²) >= 11 is 0. The Balaban J connectivity index is 2.35. The second-order valence-corrected chi connectivity index (χ2v) is 5.90. The number of hydrogen-bond donors (Lipinski definition) is 2. The number of anilines is 2. The normalized spacial score (nSPS) is 11.6. The molecule has 0 spiro atoms. The van der Waals surface area contributed by atoms with Crippen LogP contribution < -0.4 is 11.1 Å². The summed E-state index contributed by atoms with van der Waals surface area (Å²) in [5, 5.41) is 3.33. The summed E-state index contributed by atoms with van der Waals surface area (Å²) in [6.07, 6.45) is 2.30. The molecule has 0 unspecified atom stereocenters. The van der Waals surface area contributed by atoms with E-state index in [1.54, 1.807) is 6.07 Å². The van der Waals surface area contributed by atoms with E-state index in [2.05, 4.69) is 54.9 Å². The highest BCUT2D eigenvalue weighted by Gasteiger charge is 2.06. The molecule has 1 aromatic rings. The fourth-order valence-electron chi connectivity index (χ4n) is 1.79. The lowest BCUT2D eigenvalue weighted by molar-refractivity contribution is 0.269. The van der Waals surface area contributed by atoms with Crippen molar-refractivity contribution < 1.29 is 0 Å². The molecule has 114 valence electrons. The first-order valence-electron chi connectivity index (χ1n) is 7.48. The monoisotopic (exact) mass is 279 g/mol. The fourth-order valence-corrected chi connectivity index (χ4v) is 1.79. The highest BCUT2D eigenvalue weighted by Crippen LogP contribution is 2.15. The van der Waals surface area contributed by atoms with Gasteiger partial charge < -0.3 is 16.0 Å². The molecule has 0 radical (unpaired) electrons. The van der Waals surface area contributed by atoms with Gasteiger partial charge in [0.25, 0.3) is 0 Å². The number of hydrogen-bond acceptors (Lipinski definition) is 5. The van der Waals surface area contributed by atoms with Gasteiger partial charge in [-0.3, -0.25) is 0 Å². The van der Waals surface area contributed by atoms with Crippen LogP contribution in [0, 0.1) is 0 Å². The molecule has 5 heteroatoms. The fraction of sp³-hybridized carbons (Fsp3) is 0.733. The summed E-state index contributed by atoms with van der Waals surface area (Å²) in [6, 6.07) is 2.41. The Bertz CT molecular complexity index is 403. The zero-order chi connectivity index (χ0) is 15.1. The molecule has 3 N–H and O–H groups in total. The Morgan fingerprint density at radius 1 is 1.20 bits per heavy atom. The number of nitrogens with one attached hydrogen (secondary N) is 1. The van der Waals surface area contributed by atoms with Gasteiger partial charge in [-0.1, -0.05) is 13.8 Å². The maximum atomic E-state index is 5.80. The number of unbranched alkanes of at least 4 members (excludes halogenated alkanes) is 1. The summed E-state index contributed by atoms with van der Waals surface area (Å²) in [4.78, 5) is 11.1. The second kappa shape index (κ2) is 8.04. The van der Waals surface area contributed by atoms with Gasteiger partial charge in [0.2, 0.25) is 0 Å². The lowest BCUT2D eigenvalue weighted by Gasteiger charge is -2.20. The molecule has 5 nitrogen and oxygen atoms in total. The molecule has 1 heterocycles. The molecule has 0 fully saturated rings. The Morgan fingerprint density at radius 2 is 1.90 bits per heavy atom. The molecule has 0 amide bonds. The van der Waals surface area contributed by atoms with Crippen molar-refractivity contribution in [1.82, 2.24) is 14.9 Å². The molecule has 0 aliphatic heterocycles. The van der Waals surface area contributed by atoms with Crippen LogP contribution in [0.1, 0.15) is 52.3 Å². The smallest absolute Gasteiger partial charge is 0.135 e. The molecule has 0 saturated carbocycles. The maximum Gasteiger partial charge on any atom is 0.135 e. The van der Waals surface area contributed by atoms with E-state index in [9.17, 15) is 0 Å². The molecule has 0 bridgehead atoms. The summed E-state index contributed by atoms with van der Waals surface area (Å²) in [5.74, 6) is 2.45. The minimum atomic E-state index is 0.291. The van der Waals surface area contributed by atoms with Crippen molar-refractivity contribution in [3.63, 3.8) is 0 Å². The average Bonchev–Trinajstić information content (AvgIpc) is 2.37. The Labute approximate surface area is 123 Å². The largest absolute Gasteiger partial charge is 0.384 e. The van der Waals surface area contributed by atoms with Crippen LogP contribution in [0.3, 0.4) is 0 Å². The van der Waals surface area contributed by atoms with E-state index in [1.807, 2.05) is 0 Å². The Hall–Kier alpha value is -1.36. The van der Waals surface area contributed by atoms with Gasteiger partial charge in [0.1, 0.15) is 17.5 Å². The molecule has 20 heavy (non-hydrogen) atoms. The number of nitrogens with zero attached hydrogens (tertiary/aromatic N) is 3. The van der Waals surface area contributed by atoms with Crippen LogP contribution in [0.15, 0.2) is 6.07 Å². The van der Waals surface area contributed by atoms with Gasteiger partial charge in [-0.05, 0) is 40.3 Å². The minimum absolute atomic E-state index is 0.291. The summed E-state index contributed by atoms with van der Waals surface area (Å²) in [6.45, 7) is 10.6. The van der Waals surface area contributed by atoms with E-state index in [4.69, 9.17) is 5.73 Å². The van der Waals surface area contributed by atoms with Crippen molar-refractivity contribution in [1.29, 1.82) is 0 Å². The highest BCUT2D eigenvalue weighted by molar-refractivity contribution is 5.44. The number of nitrogens with two attached hydrogens (primary N) is 1. The third-order valence-electron chi connectivity index (χ3n) is 3.40. The molecular formula is C15H29N5. The molecule has 0 atom stereocenters. The third-order valence-corrected chi connectivity index (χ3v) is 3.40. The van der Waals surface area contributed by atoms with Crippen molar-refractivity contribution in [2.24, 2.45) is 0 Å². The molecule has 0 aliphatic carbocycles. The van der Waals surface area contributed by atoms with Gasteiger partial charge in [-0.15, -0.1) is 0 Å². The summed E-state index contributed by atoms with van der Waals surface area (Å²) in [5.41, 5.74) is 5.80. The van der Waals surface area contributed by atoms with Crippen molar-refractivity contribution in [2.75, 3.05) is 31.2 Å². The Kier molecular flexibility index (Phi) is 6.71. The van der Waals surface area contributed by atoms with E-state index in [1.165, 1.54) is 6.42 Å². The third kappa shape index (κ3) is 5.74. The molecule has 0 aliphatic rings. The van der Waals surface area contributed by atoms with E-state index in [-0.39, 0.29) is 0 Å². The van der Waals surface area contributed by atoms with Gasteiger partial charge in [-0.25, -0.2) is 9.97 Å². The molecular weight excluding hydrogens is 250 g/mol. The van der Waals surface area contributed by atoms with Crippen LogP contribution in [0.25, 0.3) is 0 Å². The predicted molar refractivity (Wildman–Crippen MR) is 86.0 cm³/mol. The number of nitrogen functional groups attached to an aromatic ring is 1. The number of aromatic nitrogens is 2. The predicted octanol–water partition coefficient (Wildman–Crippen LogP) is 2.71. The van der Waals surface area contributed by atoms with Crippen LogP contribution in [-0.4, -0.2) is 41.0 Å². The lowest BCUT2D eigenvalue weighted by Crippen LogP contribution is -2.27. The first-order chi connectivity index (χ1) is 9.40. The number of rotatable bonds is 8. The quantitative estimate of drug-likeness (QED) is 0.716. The van der Waals surface area contributed by atoms with Crippen LogP contribution >= 0.6 is 0 Å². The zero-order valence-electron chi connectivity index (χ0n) is 13.5. The zero-order valence-corrected chi connectivity index (χ0v) is 13.5. The minimum Gasteiger partial charge on any atom is -0.384 e. The highest BCUT2D eigenvalue weighted by atomic mass is 15.1. The van der Waals surface area contributed by atoms with Gasteiger partial charge in [0.15, 0.2) is 0 Å². The van der Waals surface area contributed by atoms with Crippen molar-refractivity contribution >= 4 is 11.6 Å². The maximum absolute atomic E-state index is 5.80. The van der Waals surface area contributed by atoms with Crippen LogP contribution in [0.2, 0.25) is 0 Å². The molecule has 1 rings (SSSR count). The SMILES string of the molecule is CC(C)c1nc(N)cc(NCCCCN(C)C(C)C)n1. The topological polar surface area (TPSA) is 67.1 Å². The van der Waals surface area contributed by atoms with Crippen molar-refractivity contribution in [3.8, 4) is 0 Å². The van der Waals surface area contributed by atoms with Crippen molar-refractivity contribution in [2.45, 2.75) is 52.5 Å². The molecule has 0 aromatic carbocycles. The van der Waals surface area contributed by atoms with E-state index in [0.29, 0.717) is 17.8 Å². The van der Waals surface area contributed by atoms with Crippen LogP contribution in [-0.2, 0) is 0 Å². The van der Waals surface area contributed by atoms with Crippen molar-refractivity contribution in [3.05, 3.63) is 11.9 Å². The van der Waals surface area contributed by atoms with Gasteiger partial charge >= 0.3 is 0 Å². The van der Waals surface area contributed by atoms with Gasteiger partial charge in [0, 0.05) is 24.6 Å². The van der Waals surface area contributed by atoms with Gasteiger partial charge in [0.05, 0.1) is 0 Å². The first kappa shape index (κ1) is 16.7.